The highest BCUT2D eigenvalue weighted by Gasteiger charge is 2.37. The van der Waals surface area contributed by atoms with Crippen molar-refractivity contribution >= 4 is 11.8 Å². The van der Waals surface area contributed by atoms with Crippen molar-refractivity contribution < 1.29 is 23.1 Å². The topological polar surface area (TPSA) is 61.9 Å². The largest absolute Gasteiger partial charge is 0.493 e. The van der Waals surface area contributed by atoms with E-state index in [0.717, 1.165) is 11.3 Å². The summed E-state index contributed by atoms with van der Waals surface area (Å²) in [6, 6.07) is 12.2. The van der Waals surface area contributed by atoms with Crippen molar-refractivity contribution in [2.75, 3.05) is 26.7 Å². The van der Waals surface area contributed by atoms with E-state index >= 15 is 0 Å². The molecular weight excluding hydrogens is 440 g/mol. The van der Waals surface area contributed by atoms with Gasteiger partial charge in [0, 0.05) is 26.2 Å². The second-order valence-corrected chi connectivity index (χ2v) is 9.23. The van der Waals surface area contributed by atoms with Gasteiger partial charge in [-0.05, 0) is 54.8 Å². The minimum Gasteiger partial charge on any atom is -0.493 e. The van der Waals surface area contributed by atoms with Gasteiger partial charge in [-0.1, -0.05) is 38.1 Å². The first kappa shape index (κ1) is 25.6. The quantitative estimate of drug-likeness (QED) is 0.596. The highest BCUT2D eigenvalue weighted by atomic mass is 19.1. The summed E-state index contributed by atoms with van der Waals surface area (Å²) in [5.74, 6) is -0.840. The molecule has 2 aromatic rings. The summed E-state index contributed by atoms with van der Waals surface area (Å²) in [7, 11) is 1.82. The Morgan fingerprint density at radius 3 is 2.38 bits per heavy atom. The van der Waals surface area contributed by atoms with Gasteiger partial charge in [-0.2, -0.15) is 0 Å². The summed E-state index contributed by atoms with van der Waals surface area (Å²) in [6.07, 6.45) is -0.871. The molecule has 6 nitrogen and oxygen atoms in total. The first-order chi connectivity index (χ1) is 16.2. The van der Waals surface area contributed by atoms with Crippen molar-refractivity contribution in [2.24, 2.45) is 5.92 Å². The lowest BCUT2D eigenvalue weighted by Crippen LogP contribution is -2.55. The standard InChI is InChI=1S/C26H33F2N3O3/c1-18(2)17-34-22-10-6-19(7-11-22)14-29-25(32)26(33)31(15-20-4-8-21(27)9-5-20)24-12-13-30(3)16-23(24)28/h4-11,18,23-24H,12-17H2,1-3H3,(H,29,32)/t23-,24+/m0/s1. The van der Waals surface area contributed by atoms with Crippen molar-refractivity contribution in [3.63, 3.8) is 0 Å². The van der Waals surface area contributed by atoms with Gasteiger partial charge in [-0.25, -0.2) is 8.78 Å². The number of hydrogen-bond donors (Lipinski definition) is 1. The Morgan fingerprint density at radius 2 is 1.76 bits per heavy atom. The van der Waals surface area contributed by atoms with Crippen LogP contribution in [-0.2, 0) is 22.7 Å². The van der Waals surface area contributed by atoms with Gasteiger partial charge in [-0.3, -0.25) is 9.59 Å². The fraction of sp³-hybridized carbons (Fsp3) is 0.462. The monoisotopic (exact) mass is 473 g/mol. The zero-order chi connectivity index (χ0) is 24.7. The molecule has 2 aromatic carbocycles. The maximum absolute atomic E-state index is 14.9. The van der Waals surface area contributed by atoms with Crippen LogP contribution in [0.1, 0.15) is 31.4 Å². The first-order valence-electron chi connectivity index (χ1n) is 11.6. The lowest BCUT2D eigenvalue weighted by atomic mass is 10.0. The molecule has 184 valence electrons. The molecule has 1 N–H and O–H groups in total. The average Bonchev–Trinajstić information content (AvgIpc) is 2.81. The van der Waals surface area contributed by atoms with Crippen LogP contribution < -0.4 is 10.1 Å². The number of benzene rings is 2. The summed E-state index contributed by atoms with van der Waals surface area (Å²) in [6.45, 7) is 5.74. The highest BCUT2D eigenvalue weighted by Crippen LogP contribution is 2.22. The Kier molecular flexibility index (Phi) is 8.98. The number of hydrogen-bond acceptors (Lipinski definition) is 4. The van der Waals surface area contributed by atoms with Crippen LogP contribution in [0.2, 0.25) is 0 Å². The maximum atomic E-state index is 14.9. The van der Waals surface area contributed by atoms with Crippen molar-refractivity contribution in [3.8, 4) is 5.75 Å². The third-order valence-corrected chi connectivity index (χ3v) is 5.79. The molecule has 1 fully saturated rings. The van der Waals surface area contributed by atoms with Gasteiger partial charge in [0.15, 0.2) is 0 Å². The Balaban J connectivity index is 1.66. The van der Waals surface area contributed by atoms with Gasteiger partial charge >= 0.3 is 11.8 Å². The number of nitrogens with one attached hydrogen (secondary N) is 1. The summed E-state index contributed by atoms with van der Waals surface area (Å²) in [4.78, 5) is 29.0. The van der Waals surface area contributed by atoms with Crippen LogP contribution in [-0.4, -0.2) is 60.6 Å². The third-order valence-electron chi connectivity index (χ3n) is 5.79. The van der Waals surface area contributed by atoms with Gasteiger partial charge < -0.3 is 19.9 Å². The first-order valence-corrected chi connectivity index (χ1v) is 11.6. The number of carbonyl (C=O) groups is 2. The number of alkyl halides is 1. The van der Waals surface area contributed by atoms with E-state index in [0.29, 0.717) is 31.1 Å². The lowest BCUT2D eigenvalue weighted by molar-refractivity contribution is -0.150. The SMILES string of the molecule is CC(C)COc1ccc(CNC(=O)C(=O)N(Cc2ccc(F)cc2)[C@@H]2CCN(C)C[C@@H]2F)cc1. The molecule has 1 saturated heterocycles. The minimum absolute atomic E-state index is 0.0310. The van der Waals surface area contributed by atoms with E-state index < -0.39 is 29.8 Å². The van der Waals surface area contributed by atoms with E-state index in [1.54, 1.807) is 12.1 Å². The van der Waals surface area contributed by atoms with Crippen LogP contribution in [0.25, 0.3) is 0 Å². The molecule has 2 amide bonds. The van der Waals surface area contributed by atoms with Gasteiger partial charge in [0.25, 0.3) is 0 Å². The number of rotatable bonds is 8. The highest BCUT2D eigenvalue weighted by molar-refractivity contribution is 6.35. The molecule has 0 radical (unpaired) electrons. The number of piperidine rings is 1. The number of carbonyl (C=O) groups excluding carboxylic acids is 2. The second-order valence-electron chi connectivity index (χ2n) is 9.23. The predicted molar refractivity (Wildman–Crippen MR) is 126 cm³/mol. The zero-order valence-corrected chi connectivity index (χ0v) is 20.0. The summed E-state index contributed by atoms with van der Waals surface area (Å²) in [5, 5.41) is 2.64. The maximum Gasteiger partial charge on any atom is 0.312 e. The molecule has 0 saturated carbocycles. The Morgan fingerprint density at radius 1 is 1.12 bits per heavy atom. The number of amides is 2. The minimum atomic E-state index is -1.28. The summed E-state index contributed by atoms with van der Waals surface area (Å²) in [5.41, 5.74) is 1.44. The average molecular weight is 474 g/mol. The molecule has 34 heavy (non-hydrogen) atoms. The number of ether oxygens (including phenoxy) is 1. The fourth-order valence-electron chi connectivity index (χ4n) is 3.88. The number of likely N-dealkylation sites (tertiary alicyclic amines) is 1. The normalized spacial score (nSPS) is 18.5. The zero-order valence-electron chi connectivity index (χ0n) is 20.0. The van der Waals surface area contributed by atoms with E-state index in [1.165, 1.54) is 17.0 Å². The molecule has 1 aliphatic rings. The molecule has 0 unspecified atom stereocenters. The molecule has 3 rings (SSSR count). The molecule has 1 aliphatic heterocycles. The van der Waals surface area contributed by atoms with E-state index in [4.69, 9.17) is 4.74 Å². The smallest absolute Gasteiger partial charge is 0.312 e. The molecular formula is C26H33F2N3O3. The molecule has 1 heterocycles. The molecule has 8 heteroatoms. The molecule has 0 aromatic heterocycles. The van der Waals surface area contributed by atoms with Gasteiger partial charge in [-0.15, -0.1) is 0 Å². The summed E-state index contributed by atoms with van der Waals surface area (Å²) < 4.78 is 33.9. The molecule has 0 aliphatic carbocycles. The lowest BCUT2D eigenvalue weighted by Gasteiger charge is -2.39. The van der Waals surface area contributed by atoms with Crippen LogP contribution in [0.4, 0.5) is 8.78 Å². The fourth-order valence-corrected chi connectivity index (χ4v) is 3.88. The number of nitrogens with zero attached hydrogens (tertiary/aromatic N) is 2. The van der Waals surface area contributed by atoms with E-state index in [9.17, 15) is 18.4 Å². The van der Waals surface area contributed by atoms with Crippen molar-refractivity contribution in [3.05, 3.63) is 65.5 Å². The van der Waals surface area contributed by atoms with E-state index in [1.807, 2.05) is 36.2 Å². The van der Waals surface area contributed by atoms with E-state index in [-0.39, 0.29) is 19.6 Å². The van der Waals surface area contributed by atoms with Crippen LogP contribution in [0.15, 0.2) is 48.5 Å². The van der Waals surface area contributed by atoms with Crippen LogP contribution in [0, 0.1) is 11.7 Å². The molecule has 0 spiro atoms. The Labute approximate surface area is 199 Å². The third kappa shape index (κ3) is 7.25. The van der Waals surface area contributed by atoms with E-state index in [2.05, 4.69) is 19.2 Å². The van der Waals surface area contributed by atoms with Crippen molar-refractivity contribution in [2.45, 2.75) is 45.6 Å². The summed E-state index contributed by atoms with van der Waals surface area (Å²) >= 11 is 0. The molecule has 2 atom stereocenters. The predicted octanol–water partition coefficient (Wildman–Crippen LogP) is 3.55. The van der Waals surface area contributed by atoms with Crippen LogP contribution in [0.5, 0.6) is 5.75 Å². The van der Waals surface area contributed by atoms with Gasteiger partial charge in [0.2, 0.25) is 0 Å². The van der Waals surface area contributed by atoms with Crippen LogP contribution in [0.3, 0.4) is 0 Å². The van der Waals surface area contributed by atoms with Crippen LogP contribution >= 0.6 is 0 Å². The van der Waals surface area contributed by atoms with Crippen molar-refractivity contribution in [1.29, 1.82) is 0 Å². The molecule has 0 bridgehead atoms. The van der Waals surface area contributed by atoms with Gasteiger partial charge in [0.1, 0.15) is 17.7 Å². The number of halogens is 2. The second kappa shape index (κ2) is 11.9. The van der Waals surface area contributed by atoms with Gasteiger partial charge in [0.05, 0.1) is 12.6 Å². The Bertz CT molecular complexity index is 951. The van der Waals surface area contributed by atoms with Crippen molar-refractivity contribution in [1.82, 2.24) is 15.1 Å². The Hall–Kier alpha value is -3.00.